The molecule has 4 rings (SSSR count). The molecule has 1 atom stereocenters. The second kappa shape index (κ2) is 8.38. The summed E-state index contributed by atoms with van der Waals surface area (Å²) in [5.74, 6) is 0.493. The number of hydrogen-bond acceptors (Lipinski definition) is 4. The van der Waals surface area contributed by atoms with Crippen molar-refractivity contribution in [1.82, 2.24) is 15.1 Å². The Balaban J connectivity index is 1.40. The number of aromatic nitrogens is 2. The van der Waals surface area contributed by atoms with Gasteiger partial charge in [-0.15, -0.1) is 18.3 Å². The Morgan fingerprint density at radius 2 is 1.97 bits per heavy atom. The van der Waals surface area contributed by atoms with Crippen LogP contribution in [0.15, 0.2) is 54.7 Å². The van der Waals surface area contributed by atoms with E-state index in [1.54, 1.807) is 24.4 Å². The van der Waals surface area contributed by atoms with Crippen LogP contribution in [0.1, 0.15) is 18.0 Å². The van der Waals surface area contributed by atoms with Crippen molar-refractivity contribution in [2.45, 2.75) is 18.8 Å². The van der Waals surface area contributed by atoms with E-state index >= 15 is 0 Å². The number of urea groups is 1. The summed E-state index contributed by atoms with van der Waals surface area (Å²) in [5.41, 5.74) is 1.29. The van der Waals surface area contributed by atoms with E-state index in [-0.39, 0.29) is 17.6 Å². The minimum Gasteiger partial charge on any atom is -0.492 e. The highest BCUT2D eigenvalue weighted by atomic mass is 35.5. The highest BCUT2D eigenvalue weighted by Gasteiger charge is 2.31. The molecule has 1 aromatic heterocycles. The van der Waals surface area contributed by atoms with Crippen LogP contribution in [0.2, 0.25) is 5.02 Å². The van der Waals surface area contributed by atoms with E-state index in [0.29, 0.717) is 29.5 Å². The van der Waals surface area contributed by atoms with E-state index in [1.807, 2.05) is 6.07 Å². The van der Waals surface area contributed by atoms with Gasteiger partial charge in [0.05, 0.1) is 23.4 Å². The molecule has 162 valence electrons. The van der Waals surface area contributed by atoms with Crippen molar-refractivity contribution < 1.29 is 27.4 Å². The van der Waals surface area contributed by atoms with Gasteiger partial charge in [-0.3, -0.25) is 5.32 Å². The highest BCUT2D eigenvalue weighted by molar-refractivity contribution is 6.32. The number of hydrogen-bond donors (Lipinski definition) is 2. The van der Waals surface area contributed by atoms with E-state index in [9.17, 15) is 18.0 Å². The van der Waals surface area contributed by atoms with Crippen molar-refractivity contribution in [3.05, 3.63) is 65.3 Å². The molecule has 3 aromatic rings. The third-order valence-corrected chi connectivity index (χ3v) is 4.79. The number of halogens is 4. The molecule has 7 nitrogen and oxygen atoms in total. The van der Waals surface area contributed by atoms with Crippen LogP contribution >= 0.6 is 11.6 Å². The Morgan fingerprint density at radius 3 is 2.71 bits per heavy atom. The van der Waals surface area contributed by atoms with Crippen molar-refractivity contribution >= 4 is 23.4 Å². The normalized spacial score (nSPS) is 15.5. The topological polar surface area (TPSA) is 77.4 Å². The average molecular weight is 453 g/mol. The number of rotatable bonds is 4. The monoisotopic (exact) mass is 452 g/mol. The summed E-state index contributed by atoms with van der Waals surface area (Å²) >= 11 is 6.15. The molecule has 0 saturated heterocycles. The van der Waals surface area contributed by atoms with Crippen LogP contribution in [0.5, 0.6) is 11.5 Å². The Kier molecular flexibility index (Phi) is 5.64. The number of amides is 2. The molecule has 0 radical (unpaired) electrons. The lowest BCUT2D eigenvalue weighted by Crippen LogP contribution is -2.35. The minimum atomic E-state index is -4.76. The predicted molar refractivity (Wildman–Crippen MR) is 107 cm³/mol. The van der Waals surface area contributed by atoms with Crippen molar-refractivity contribution in [2.75, 3.05) is 11.9 Å². The zero-order chi connectivity index (χ0) is 22.0. The molecule has 31 heavy (non-hydrogen) atoms. The molecule has 0 bridgehead atoms. The van der Waals surface area contributed by atoms with Gasteiger partial charge in [0, 0.05) is 24.2 Å². The second-order valence-corrected chi connectivity index (χ2v) is 7.04. The van der Waals surface area contributed by atoms with Crippen molar-refractivity contribution in [1.29, 1.82) is 0 Å². The Hall–Kier alpha value is -3.40. The summed E-state index contributed by atoms with van der Waals surface area (Å²) < 4.78 is 47.6. The molecule has 0 saturated carbocycles. The largest absolute Gasteiger partial charge is 0.573 e. The first-order chi connectivity index (χ1) is 14.8. The van der Waals surface area contributed by atoms with Crippen LogP contribution in [0.3, 0.4) is 0 Å². The molecule has 2 aromatic carbocycles. The van der Waals surface area contributed by atoms with Crippen LogP contribution in [0.25, 0.3) is 5.69 Å². The SMILES string of the molecule is O=C(Nc1ccn(-c2ccc(OC(F)(F)F)cc2)n1)N[C@H]1CCOc2c(Cl)cccc21. The number of carbonyl (C=O) groups excluding carboxylic acids is 1. The third-order valence-electron chi connectivity index (χ3n) is 4.50. The Morgan fingerprint density at radius 1 is 1.19 bits per heavy atom. The van der Waals surface area contributed by atoms with E-state index in [0.717, 1.165) is 5.56 Å². The number of anilines is 1. The maximum Gasteiger partial charge on any atom is 0.573 e. The third kappa shape index (κ3) is 5.02. The fraction of sp³-hybridized carbons (Fsp3) is 0.200. The number of fused-ring (bicyclic) bond motifs is 1. The number of alkyl halides is 3. The first kappa shape index (κ1) is 20.9. The molecule has 0 fully saturated rings. The highest BCUT2D eigenvalue weighted by Crippen LogP contribution is 2.37. The van der Waals surface area contributed by atoms with Crippen LogP contribution in [-0.2, 0) is 0 Å². The second-order valence-electron chi connectivity index (χ2n) is 6.63. The first-order valence-corrected chi connectivity index (χ1v) is 9.57. The van der Waals surface area contributed by atoms with Gasteiger partial charge in [-0.1, -0.05) is 23.7 Å². The van der Waals surface area contributed by atoms with Crippen molar-refractivity contribution in [3.63, 3.8) is 0 Å². The van der Waals surface area contributed by atoms with Crippen LogP contribution in [0, 0.1) is 0 Å². The molecule has 1 aliphatic heterocycles. The maximum absolute atomic E-state index is 12.4. The molecular weight excluding hydrogens is 437 g/mol. The van der Waals surface area contributed by atoms with Crippen molar-refractivity contribution in [2.24, 2.45) is 0 Å². The fourth-order valence-electron chi connectivity index (χ4n) is 3.18. The van der Waals surface area contributed by atoms with E-state index < -0.39 is 12.4 Å². The van der Waals surface area contributed by atoms with Gasteiger partial charge in [0.1, 0.15) is 11.5 Å². The van der Waals surface area contributed by atoms with Crippen LogP contribution in [-0.4, -0.2) is 28.8 Å². The van der Waals surface area contributed by atoms with Gasteiger partial charge < -0.3 is 14.8 Å². The first-order valence-electron chi connectivity index (χ1n) is 9.19. The van der Waals surface area contributed by atoms with Gasteiger partial charge in [-0.05, 0) is 30.3 Å². The minimum absolute atomic E-state index is 0.270. The van der Waals surface area contributed by atoms with Crippen LogP contribution < -0.4 is 20.1 Å². The zero-order valence-corrected chi connectivity index (χ0v) is 16.6. The number of benzene rings is 2. The van der Waals surface area contributed by atoms with Gasteiger partial charge in [-0.2, -0.15) is 0 Å². The zero-order valence-electron chi connectivity index (χ0n) is 15.8. The summed E-state index contributed by atoms with van der Waals surface area (Å²) in [6.07, 6.45) is -2.60. The molecule has 11 heteroatoms. The van der Waals surface area contributed by atoms with Gasteiger partial charge in [0.25, 0.3) is 0 Å². The van der Waals surface area contributed by atoms with E-state index in [1.165, 1.54) is 28.9 Å². The summed E-state index contributed by atoms with van der Waals surface area (Å²) in [5, 5.41) is 10.2. The lowest BCUT2D eigenvalue weighted by atomic mass is 10.0. The molecular formula is C20H16ClF3N4O3. The average Bonchev–Trinajstić information content (AvgIpc) is 3.16. The smallest absolute Gasteiger partial charge is 0.492 e. The summed E-state index contributed by atoms with van der Waals surface area (Å²) in [4.78, 5) is 12.4. The summed E-state index contributed by atoms with van der Waals surface area (Å²) in [7, 11) is 0. The van der Waals surface area contributed by atoms with E-state index in [4.69, 9.17) is 16.3 Å². The molecule has 0 unspecified atom stereocenters. The summed E-state index contributed by atoms with van der Waals surface area (Å²) in [6.45, 7) is 0.421. The molecule has 2 heterocycles. The molecule has 1 aliphatic rings. The Bertz CT molecular complexity index is 1090. The lowest BCUT2D eigenvalue weighted by Gasteiger charge is -2.27. The van der Waals surface area contributed by atoms with Crippen LogP contribution in [0.4, 0.5) is 23.8 Å². The molecule has 0 aliphatic carbocycles. The number of para-hydroxylation sites is 1. The maximum atomic E-state index is 12.4. The number of ether oxygens (including phenoxy) is 2. The van der Waals surface area contributed by atoms with E-state index in [2.05, 4.69) is 20.5 Å². The quantitative estimate of drug-likeness (QED) is 0.579. The van der Waals surface area contributed by atoms with Gasteiger partial charge in [0.2, 0.25) is 0 Å². The fourth-order valence-corrected chi connectivity index (χ4v) is 3.42. The number of nitrogens with one attached hydrogen (secondary N) is 2. The number of carbonyl (C=O) groups is 1. The standard InChI is InChI=1S/C20H16ClF3N4O3/c21-15-3-1-2-14-16(9-11-30-18(14)15)25-19(29)26-17-8-10-28(27-17)12-4-6-13(7-5-12)31-20(22,23)24/h1-8,10,16H,9,11H2,(H2,25,26,27,29)/t16-/m0/s1. The molecule has 2 N–H and O–H groups in total. The molecule has 0 spiro atoms. The van der Waals surface area contributed by atoms with Gasteiger partial charge >= 0.3 is 12.4 Å². The van der Waals surface area contributed by atoms with Gasteiger partial charge in [-0.25, -0.2) is 9.48 Å². The summed E-state index contributed by atoms with van der Waals surface area (Å²) in [6, 6.07) is 11.4. The number of nitrogens with zero attached hydrogens (tertiary/aromatic N) is 2. The Labute approximate surface area is 179 Å². The van der Waals surface area contributed by atoms with Crippen molar-refractivity contribution in [3.8, 4) is 17.2 Å². The van der Waals surface area contributed by atoms with Gasteiger partial charge in [0.15, 0.2) is 5.82 Å². The molecule has 2 amide bonds. The lowest BCUT2D eigenvalue weighted by molar-refractivity contribution is -0.274. The predicted octanol–water partition coefficient (Wildman–Crippen LogP) is 5.07.